The van der Waals surface area contributed by atoms with Gasteiger partial charge in [-0.1, -0.05) is 12.1 Å². The summed E-state index contributed by atoms with van der Waals surface area (Å²) in [7, 11) is 1.54. The largest absolute Gasteiger partial charge is 0.586 e. The number of nitrogens with one attached hydrogen (secondary N) is 1. The Morgan fingerprint density at radius 2 is 1.88 bits per heavy atom. The molecule has 1 fully saturated rings. The second-order valence-corrected chi connectivity index (χ2v) is 7.81. The average Bonchev–Trinajstić information content (AvgIpc) is 3.52. The molecule has 0 radical (unpaired) electrons. The van der Waals surface area contributed by atoms with Crippen molar-refractivity contribution in [2.45, 2.75) is 31.5 Å². The Bertz CT molecular complexity index is 1230. The van der Waals surface area contributed by atoms with Crippen LogP contribution >= 0.6 is 0 Å². The first kappa shape index (κ1) is 20.2. The third kappa shape index (κ3) is 3.49. The highest BCUT2D eigenvalue weighted by Crippen LogP contribution is 2.52. The van der Waals surface area contributed by atoms with E-state index in [0.717, 1.165) is 11.1 Å². The van der Waals surface area contributed by atoms with E-state index in [9.17, 15) is 13.6 Å². The quantitative estimate of drug-likeness (QED) is 0.633. The molecule has 32 heavy (non-hydrogen) atoms. The second-order valence-electron chi connectivity index (χ2n) is 7.81. The number of aromatic nitrogens is 2. The number of carbonyl (C=O) groups is 1. The van der Waals surface area contributed by atoms with E-state index in [2.05, 4.69) is 24.8 Å². The van der Waals surface area contributed by atoms with Crippen LogP contribution in [0.25, 0.3) is 11.3 Å². The minimum atomic E-state index is -3.70. The van der Waals surface area contributed by atoms with Gasteiger partial charge < -0.3 is 19.5 Å². The van der Waals surface area contributed by atoms with Gasteiger partial charge in [0.1, 0.15) is 5.82 Å². The molecular formula is C23H19F2N3O4. The number of halogens is 2. The minimum absolute atomic E-state index is 0.0485. The maximum atomic E-state index is 13.3. The number of hydrogen-bond acceptors (Lipinski definition) is 6. The average molecular weight is 439 g/mol. The smallest absolute Gasteiger partial charge is 0.481 e. The van der Waals surface area contributed by atoms with E-state index >= 15 is 0 Å². The molecule has 5 rings (SSSR count). The Morgan fingerprint density at radius 1 is 1.09 bits per heavy atom. The summed E-state index contributed by atoms with van der Waals surface area (Å²) < 4.78 is 40.8. The van der Waals surface area contributed by atoms with Crippen molar-refractivity contribution in [3.8, 4) is 28.6 Å². The molecule has 1 amide bonds. The number of pyridine rings is 2. The lowest BCUT2D eigenvalue weighted by Gasteiger charge is -2.17. The van der Waals surface area contributed by atoms with Crippen LogP contribution in [0.4, 0.5) is 14.6 Å². The van der Waals surface area contributed by atoms with Crippen molar-refractivity contribution in [1.29, 1.82) is 0 Å². The molecule has 0 bridgehead atoms. The lowest BCUT2D eigenvalue weighted by molar-refractivity contribution is -0.286. The van der Waals surface area contributed by atoms with Gasteiger partial charge in [0, 0.05) is 17.8 Å². The number of aryl methyl sites for hydroxylation is 1. The Balaban J connectivity index is 1.40. The summed E-state index contributed by atoms with van der Waals surface area (Å²) in [5.41, 5.74) is 2.21. The predicted molar refractivity (Wildman–Crippen MR) is 111 cm³/mol. The summed E-state index contributed by atoms with van der Waals surface area (Å²) in [6.45, 7) is 1.92. The first-order valence-electron chi connectivity index (χ1n) is 10.00. The van der Waals surface area contributed by atoms with E-state index in [4.69, 9.17) is 4.74 Å². The normalized spacial score (nSPS) is 17.0. The maximum absolute atomic E-state index is 13.3. The fourth-order valence-electron chi connectivity index (χ4n) is 3.81. The van der Waals surface area contributed by atoms with Crippen LogP contribution in [0.2, 0.25) is 0 Å². The molecule has 1 aromatic carbocycles. The van der Waals surface area contributed by atoms with Crippen molar-refractivity contribution in [3.63, 3.8) is 0 Å². The van der Waals surface area contributed by atoms with Crippen molar-refractivity contribution in [1.82, 2.24) is 9.97 Å². The zero-order chi connectivity index (χ0) is 22.5. The number of methoxy groups -OCH3 is 1. The van der Waals surface area contributed by atoms with Crippen molar-refractivity contribution in [2.24, 2.45) is 0 Å². The monoisotopic (exact) mass is 439 g/mol. The molecule has 1 aliphatic heterocycles. The molecule has 3 heterocycles. The van der Waals surface area contributed by atoms with Gasteiger partial charge in [-0.05, 0) is 55.2 Å². The highest BCUT2D eigenvalue weighted by Gasteiger charge is 2.53. The predicted octanol–water partition coefficient (Wildman–Crippen LogP) is 4.45. The maximum Gasteiger partial charge on any atom is 0.586 e. The van der Waals surface area contributed by atoms with Gasteiger partial charge in [0.15, 0.2) is 11.5 Å². The Morgan fingerprint density at radius 3 is 2.62 bits per heavy atom. The summed E-state index contributed by atoms with van der Waals surface area (Å²) in [5.74, 6) is 0.479. The third-order valence-electron chi connectivity index (χ3n) is 5.69. The van der Waals surface area contributed by atoms with Crippen LogP contribution in [0.1, 0.15) is 24.0 Å². The number of nitrogens with zero attached hydrogens (tertiary/aromatic N) is 2. The van der Waals surface area contributed by atoms with Crippen LogP contribution in [0.3, 0.4) is 0 Å². The first-order chi connectivity index (χ1) is 15.3. The fourth-order valence-corrected chi connectivity index (χ4v) is 3.81. The van der Waals surface area contributed by atoms with Crippen LogP contribution in [0.15, 0.2) is 48.7 Å². The Kier molecular flexibility index (Phi) is 4.51. The van der Waals surface area contributed by atoms with E-state index in [1.807, 2.05) is 19.1 Å². The number of hydrogen-bond donors (Lipinski definition) is 1. The molecular weight excluding hydrogens is 420 g/mol. The topological polar surface area (TPSA) is 82.6 Å². The summed E-state index contributed by atoms with van der Waals surface area (Å²) in [6.07, 6.45) is -0.884. The van der Waals surface area contributed by atoms with Crippen LogP contribution < -0.4 is 19.5 Å². The summed E-state index contributed by atoms with van der Waals surface area (Å²) >= 11 is 0. The van der Waals surface area contributed by atoms with Gasteiger partial charge in [-0.3, -0.25) is 4.79 Å². The molecule has 0 unspecified atom stereocenters. The van der Waals surface area contributed by atoms with Crippen LogP contribution in [0, 0.1) is 6.92 Å². The van der Waals surface area contributed by atoms with E-state index in [0.29, 0.717) is 35.8 Å². The van der Waals surface area contributed by atoms with Gasteiger partial charge >= 0.3 is 6.29 Å². The van der Waals surface area contributed by atoms with Gasteiger partial charge in [-0.15, -0.1) is 8.78 Å². The number of anilines is 1. The molecule has 0 atom stereocenters. The van der Waals surface area contributed by atoms with Crippen LogP contribution in [-0.2, 0) is 10.2 Å². The fraction of sp³-hybridized carbons (Fsp3) is 0.261. The molecule has 3 aromatic rings. The lowest BCUT2D eigenvalue weighted by atomic mass is 9.94. The molecule has 0 spiro atoms. The Hall–Kier alpha value is -3.75. The molecule has 0 saturated heterocycles. The molecule has 7 nitrogen and oxygen atoms in total. The first-order valence-corrected chi connectivity index (χ1v) is 10.00. The molecule has 2 aromatic heterocycles. The second kappa shape index (κ2) is 7.15. The van der Waals surface area contributed by atoms with E-state index in [1.54, 1.807) is 24.4 Å². The van der Waals surface area contributed by atoms with Crippen LogP contribution in [0.5, 0.6) is 17.4 Å². The lowest BCUT2D eigenvalue weighted by Crippen LogP contribution is -2.28. The van der Waals surface area contributed by atoms with E-state index < -0.39 is 11.7 Å². The standard InChI is InChI=1S/C23H19F2N3O4/c1-13-3-6-18(27-20(13)14-7-10-26-19(11-14)30-2)28-21(29)22(8-9-22)15-4-5-16-17(12-15)32-23(24,25)31-16/h3-7,10-12H,8-9H2,1-2H3,(H,27,28,29). The zero-order valence-corrected chi connectivity index (χ0v) is 17.3. The zero-order valence-electron chi connectivity index (χ0n) is 17.3. The van der Waals surface area contributed by atoms with Gasteiger partial charge in [0.2, 0.25) is 11.8 Å². The number of benzene rings is 1. The summed E-state index contributed by atoms with van der Waals surface area (Å²) in [5, 5.41) is 2.88. The molecule has 1 aliphatic carbocycles. The highest BCUT2D eigenvalue weighted by molar-refractivity contribution is 6.01. The Labute approximate surface area is 182 Å². The SMILES string of the molecule is COc1cc(-c2nc(NC(=O)C3(c4ccc5c(c4)OC(F)(F)O5)CC3)ccc2C)ccn1. The minimum Gasteiger partial charge on any atom is -0.481 e. The van der Waals surface area contributed by atoms with Crippen molar-refractivity contribution < 1.29 is 27.8 Å². The molecule has 164 valence electrons. The molecule has 1 N–H and O–H groups in total. The number of amides is 1. The van der Waals surface area contributed by atoms with Gasteiger partial charge in [-0.25, -0.2) is 9.97 Å². The number of carbonyl (C=O) groups excluding carboxylic acids is 1. The van der Waals surface area contributed by atoms with Gasteiger partial charge in [0.25, 0.3) is 0 Å². The number of ether oxygens (including phenoxy) is 3. The summed E-state index contributed by atoms with van der Waals surface area (Å²) in [4.78, 5) is 21.9. The number of fused-ring (bicyclic) bond motifs is 1. The van der Waals surface area contributed by atoms with E-state index in [1.165, 1.54) is 19.2 Å². The van der Waals surface area contributed by atoms with Gasteiger partial charge in [-0.2, -0.15) is 0 Å². The van der Waals surface area contributed by atoms with Crippen molar-refractivity contribution in [2.75, 3.05) is 12.4 Å². The third-order valence-corrected chi connectivity index (χ3v) is 5.69. The summed E-state index contributed by atoms with van der Waals surface area (Å²) in [6, 6.07) is 11.6. The van der Waals surface area contributed by atoms with Crippen LogP contribution in [-0.4, -0.2) is 29.3 Å². The number of alkyl halides is 2. The number of rotatable bonds is 5. The van der Waals surface area contributed by atoms with Crippen molar-refractivity contribution >= 4 is 11.7 Å². The molecule has 2 aliphatic rings. The van der Waals surface area contributed by atoms with Crippen molar-refractivity contribution in [3.05, 3.63) is 59.8 Å². The molecule has 1 saturated carbocycles. The molecule has 9 heteroatoms. The highest BCUT2D eigenvalue weighted by atomic mass is 19.3. The van der Waals surface area contributed by atoms with E-state index in [-0.39, 0.29) is 17.4 Å². The van der Waals surface area contributed by atoms with Gasteiger partial charge in [0.05, 0.1) is 18.2 Å².